The largest absolute Gasteiger partial charge is 0.345 e. The number of aromatic amines is 1. The summed E-state index contributed by atoms with van der Waals surface area (Å²) in [5.41, 5.74) is 0.654. The summed E-state index contributed by atoms with van der Waals surface area (Å²) in [6, 6.07) is 6.57. The predicted octanol–water partition coefficient (Wildman–Crippen LogP) is 1.26. The number of aromatic nitrogens is 2. The lowest BCUT2D eigenvalue weighted by atomic mass is 10.1. The molecule has 0 spiro atoms. The van der Waals surface area contributed by atoms with E-state index in [0.717, 1.165) is 5.56 Å². The third kappa shape index (κ3) is 2.63. The number of carbonyl (C=O) groups is 1. The van der Waals surface area contributed by atoms with E-state index in [1.54, 1.807) is 18.5 Å². The standard InChI is InChI=1S/C13H13N3O2/c1-9(10-4-7-14-8-5-10)16-13(18)11-3-2-6-15-12(11)17/h2-9H,1H3,(H,15,17)(H,16,18)/t9-/m0/s1. The molecule has 5 nitrogen and oxygen atoms in total. The zero-order valence-electron chi connectivity index (χ0n) is 9.88. The van der Waals surface area contributed by atoms with Crippen LogP contribution in [0.2, 0.25) is 0 Å². The highest BCUT2D eigenvalue weighted by Gasteiger charge is 2.13. The molecule has 0 bridgehead atoms. The Balaban J connectivity index is 2.14. The molecule has 2 aromatic heterocycles. The van der Waals surface area contributed by atoms with Crippen LogP contribution in [-0.4, -0.2) is 15.9 Å². The SMILES string of the molecule is C[C@H](NC(=O)c1ccc[nH]c1=O)c1ccncc1. The van der Waals surface area contributed by atoms with Gasteiger partial charge in [-0.3, -0.25) is 14.6 Å². The van der Waals surface area contributed by atoms with Gasteiger partial charge in [0, 0.05) is 18.6 Å². The number of rotatable bonds is 3. The summed E-state index contributed by atoms with van der Waals surface area (Å²) in [5.74, 6) is -0.388. The van der Waals surface area contributed by atoms with Crippen molar-refractivity contribution in [2.45, 2.75) is 13.0 Å². The molecule has 2 aromatic rings. The van der Waals surface area contributed by atoms with Crippen LogP contribution >= 0.6 is 0 Å². The molecule has 0 aliphatic carbocycles. The topological polar surface area (TPSA) is 74.8 Å². The van der Waals surface area contributed by atoms with E-state index in [-0.39, 0.29) is 17.5 Å². The van der Waals surface area contributed by atoms with Gasteiger partial charge in [0.1, 0.15) is 5.56 Å². The van der Waals surface area contributed by atoms with Crippen LogP contribution in [0.3, 0.4) is 0 Å². The molecule has 0 aliphatic rings. The van der Waals surface area contributed by atoms with Crippen molar-refractivity contribution in [2.24, 2.45) is 0 Å². The van der Waals surface area contributed by atoms with Gasteiger partial charge in [0.05, 0.1) is 6.04 Å². The summed E-state index contributed by atoms with van der Waals surface area (Å²) in [4.78, 5) is 29.7. The zero-order chi connectivity index (χ0) is 13.0. The maximum atomic E-state index is 11.9. The summed E-state index contributed by atoms with van der Waals surface area (Å²) in [6.45, 7) is 1.85. The van der Waals surface area contributed by atoms with Crippen LogP contribution in [0.4, 0.5) is 0 Å². The normalized spacial score (nSPS) is 11.8. The molecule has 1 atom stereocenters. The average molecular weight is 243 g/mol. The Hall–Kier alpha value is -2.43. The molecule has 2 N–H and O–H groups in total. The van der Waals surface area contributed by atoms with Gasteiger partial charge < -0.3 is 10.3 Å². The predicted molar refractivity (Wildman–Crippen MR) is 67.2 cm³/mol. The fraction of sp³-hybridized carbons (Fsp3) is 0.154. The molecule has 1 amide bonds. The minimum atomic E-state index is -0.392. The smallest absolute Gasteiger partial charge is 0.260 e. The Labute approximate surface area is 104 Å². The second-order valence-electron chi connectivity index (χ2n) is 3.89. The van der Waals surface area contributed by atoms with E-state index in [2.05, 4.69) is 15.3 Å². The molecule has 0 fully saturated rings. The van der Waals surface area contributed by atoms with Crippen LogP contribution in [0, 0.1) is 0 Å². The second-order valence-corrected chi connectivity index (χ2v) is 3.89. The Morgan fingerprint density at radius 3 is 2.72 bits per heavy atom. The Morgan fingerprint density at radius 2 is 2.06 bits per heavy atom. The molecular weight excluding hydrogens is 230 g/mol. The highest BCUT2D eigenvalue weighted by Crippen LogP contribution is 2.10. The summed E-state index contributed by atoms with van der Waals surface area (Å²) in [5, 5.41) is 2.77. The summed E-state index contributed by atoms with van der Waals surface area (Å²) < 4.78 is 0. The Kier molecular flexibility index (Phi) is 3.52. The fourth-order valence-corrected chi connectivity index (χ4v) is 1.61. The van der Waals surface area contributed by atoms with Crippen molar-refractivity contribution in [3.8, 4) is 0 Å². The Bertz CT molecular complexity index is 592. The molecule has 18 heavy (non-hydrogen) atoms. The summed E-state index contributed by atoms with van der Waals surface area (Å²) in [6.07, 6.45) is 4.81. The van der Waals surface area contributed by atoms with Gasteiger partial charge in [0.15, 0.2) is 0 Å². The monoisotopic (exact) mass is 243 g/mol. The van der Waals surface area contributed by atoms with Crippen molar-refractivity contribution < 1.29 is 4.79 Å². The highest BCUT2D eigenvalue weighted by molar-refractivity contribution is 5.93. The third-order valence-corrected chi connectivity index (χ3v) is 2.62. The lowest BCUT2D eigenvalue weighted by Crippen LogP contribution is -2.31. The van der Waals surface area contributed by atoms with Crippen molar-refractivity contribution in [1.29, 1.82) is 0 Å². The van der Waals surface area contributed by atoms with Crippen LogP contribution < -0.4 is 10.9 Å². The first-order valence-corrected chi connectivity index (χ1v) is 5.57. The van der Waals surface area contributed by atoms with Gasteiger partial charge in [0.25, 0.3) is 11.5 Å². The number of amides is 1. The molecule has 0 unspecified atom stereocenters. The minimum Gasteiger partial charge on any atom is -0.345 e. The molecule has 0 radical (unpaired) electrons. The van der Waals surface area contributed by atoms with Crippen LogP contribution in [0.1, 0.15) is 28.9 Å². The molecule has 2 heterocycles. The summed E-state index contributed by atoms with van der Waals surface area (Å²) in [7, 11) is 0. The number of hydrogen-bond donors (Lipinski definition) is 2. The van der Waals surface area contributed by atoms with E-state index in [0.29, 0.717) is 0 Å². The maximum Gasteiger partial charge on any atom is 0.260 e. The minimum absolute atomic E-state index is 0.110. The number of nitrogens with zero attached hydrogens (tertiary/aromatic N) is 1. The van der Waals surface area contributed by atoms with Gasteiger partial charge in [-0.2, -0.15) is 0 Å². The van der Waals surface area contributed by atoms with Crippen LogP contribution in [-0.2, 0) is 0 Å². The van der Waals surface area contributed by atoms with Gasteiger partial charge in [-0.05, 0) is 36.8 Å². The van der Waals surface area contributed by atoms with Crippen LogP contribution in [0.5, 0.6) is 0 Å². The average Bonchev–Trinajstić information content (AvgIpc) is 2.40. The number of carbonyl (C=O) groups excluding carboxylic acids is 1. The van der Waals surface area contributed by atoms with Crippen molar-refractivity contribution in [3.63, 3.8) is 0 Å². The third-order valence-electron chi connectivity index (χ3n) is 2.62. The molecule has 0 aromatic carbocycles. The molecule has 0 saturated carbocycles. The van der Waals surface area contributed by atoms with E-state index in [1.165, 1.54) is 12.3 Å². The number of pyridine rings is 2. The van der Waals surface area contributed by atoms with Crippen LogP contribution in [0.15, 0.2) is 47.7 Å². The van der Waals surface area contributed by atoms with Gasteiger partial charge in [-0.15, -0.1) is 0 Å². The van der Waals surface area contributed by atoms with Gasteiger partial charge in [-0.25, -0.2) is 0 Å². The molecule has 0 saturated heterocycles. The molecule has 92 valence electrons. The molecule has 0 aliphatic heterocycles. The van der Waals surface area contributed by atoms with E-state index >= 15 is 0 Å². The van der Waals surface area contributed by atoms with E-state index in [4.69, 9.17) is 0 Å². The second kappa shape index (κ2) is 5.27. The highest BCUT2D eigenvalue weighted by atomic mass is 16.2. The molecule has 5 heteroatoms. The zero-order valence-corrected chi connectivity index (χ0v) is 9.88. The van der Waals surface area contributed by atoms with Crippen molar-refractivity contribution in [2.75, 3.05) is 0 Å². The van der Waals surface area contributed by atoms with E-state index in [1.807, 2.05) is 19.1 Å². The first kappa shape index (κ1) is 12.0. The van der Waals surface area contributed by atoms with Crippen molar-refractivity contribution in [1.82, 2.24) is 15.3 Å². The van der Waals surface area contributed by atoms with Gasteiger partial charge in [0.2, 0.25) is 0 Å². The van der Waals surface area contributed by atoms with E-state index < -0.39 is 5.56 Å². The lowest BCUT2D eigenvalue weighted by molar-refractivity contribution is 0.0938. The number of H-pyrrole nitrogens is 1. The molecule has 2 rings (SSSR count). The van der Waals surface area contributed by atoms with E-state index in [9.17, 15) is 9.59 Å². The summed E-state index contributed by atoms with van der Waals surface area (Å²) >= 11 is 0. The Morgan fingerprint density at radius 1 is 1.33 bits per heavy atom. The first-order valence-electron chi connectivity index (χ1n) is 5.57. The maximum absolute atomic E-state index is 11.9. The van der Waals surface area contributed by atoms with Gasteiger partial charge >= 0.3 is 0 Å². The lowest BCUT2D eigenvalue weighted by Gasteiger charge is -2.13. The fourth-order valence-electron chi connectivity index (χ4n) is 1.61. The van der Waals surface area contributed by atoms with Crippen LogP contribution in [0.25, 0.3) is 0 Å². The number of hydrogen-bond acceptors (Lipinski definition) is 3. The quantitative estimate of drug-likeness (QED) is 0.852. The first-order chi connectivity index (χ1) is 8.68. The van der Waals surface area contributed by atoms with Gasteiger partial charge in [-0.1, -0.05) is 0 Å². The van der Waals surface area contributed by atoms with Crippen molar-refractivity contribution in [3.05, 3.63) is 64.3 Å². The molecular formula is C13H13N3O2. The van der Waals surface area contributed by atoms with Crippen molar-refractivity contribution >= 4 is 5.91 Å². The number of nitrogens with one attached hydrogen (secondary N) is 2.